The van der Waals surface area contributed by atoms with Crippen molar-refractivity contribution < 1.29 is 13.2 Å². The van der Waals surface area contributed by atoms with Crippen molar-refractivity contribution in [3.05, 3.63) is 53.4 Å². The average molecular weight is 479 g/mol. The second-order valence-corrected chi connectivity index (χ2v) is 9.51. The van der Waals surface area contributed by atoms with Crippen molar-refractivity contribution in [2.24, 2.45) is 5.41 Å². The fourth-order valence-corrected chi connectivity index (χ4v) is 4.32. The number of benzene rings is 1. The Balaban J connectivity index is 1.72. The van der Waals surface area contributed by atoms with E-state index in [1.165, 1.54) is 20.0 Å². The maximum absolute atomic E-state index is 15.2. The molecule has 0 spiro atoms. The number of rotatable bonds is 2. The molecule has 0 fully saturated rings. The van der Waals surface area contributed by atoms with Crippen molar-refractivity contribution in [3.63, 3.8) is 0 Å². The summed E-state index contributed by atoms with van der Waals surface area (Å²) in [6, 6.07) is 5.63. The Morgan fingerprint density at radius 1 is 1.06 bits per heavy atom. The summed E-state index contributed by atoms with van der Waals surface area (Å²) in [5, 5.41) is 8.59. The summed E-state index contributed by atoms with van der Waals surface area (Å²) >= 11 is 0. The van der Waals surface area contributed by atoms with Crippen LogP contribution in [0, 0.1) is 30.0 Å². The molecule has 3 aromatic heterocycles. The summed E-state index contributed by atoms with van der Waals surface area (Å²) in [6.07, 6.45) is 5.21. The number of fused-ring (bicyclic) bond motifs is 4. The number of nitrogens with zero attached hydrogens (tertiary/aromatic N) is 6. The van der Waals surface area contributed by atoms with E-state index in [9.17, 15) is 8.78 Å². The number of halogens is 3. The van der Waals surface area contributed by atoms with Gasteiger partial charge in [-0.3, -0.25) is 9.38 Å². The standard InChI is InChI=1S/C26H25F3N6/c1-16-32-33-24-31-23(22-19(27)14-30-15-21(22)35(16)24)34-13-6-5-9-18-17(8-7-10-20(18)34)11-12-25(2,3)26(4,28)29/h7-8,10,14-15H,5-6,9,13H2,1-4H3. The molecule has 0 saturated heterocycles. The van der Waals surface area contributed by atoms with Crippen molar-refractivity contribution in [3.8, 4) is 11.8 Å². The van der Waals surface area contributed by atoms with Gasteiger partial charge < -0.3 is 4.90 Å². The van der Waals surface area contributed by atoms with Crippen LogP contribution in [-0.4, -0.2) is 37.0 Å². The molecular weight excluding hydrogens is 453 g/mol. The van der Waals surface area contributed by atoms with Gasteiger partial charge in [0, 0.05) is 24.7 Å². The highest BCUT2D eigenvalue weighted by Crippen LogP contribution is 2.39. The Kier molecular flexibility index (Phi) is 5.42. The number of hydrogen-bond donors (Lipinski definition) is 0. The molecule has 35 heavy (non-hydrogen) atoms. The van der Waals surface area contributed by atoms with E-state index in [1.54, 1.807) is 17.5 Å². The third-order valence-corrected chi connectivity index (χ3v) is 6.72. The van der Waals surface area contributed by atoms with Crippen LogP contribution >= 0.6 is 0 Å². The Hall–Kier alpha value is -3.67. The van der Waals surface area contributed by atoms with Crippen LogP contribution in [0.2, 0.25) is 0 Å². The molecule has 0 saturated carbocycles. The maximum Gasteiger partial charge on any atom is 0.261 e. The maximum atomic E-state index is 15.2. The van der Waals surface area contributed by atoms with E-state index in [0.717, 1.165) is 37.4 Å². The zero-order chi connectivity index (χ0) is 25.0. The highest BCUT2D eigenvalue weighted by Gasteiger charge is 2.40. The summed E-state index contributed by atoms with van der Waals surface area (Å²) < 4.78 is 45.0. The molecule has 6 nitrogen and oxygen atoms in total. The van der Waals surface area contributed by atoms with E-state index in [0.29, 0.717) is 40.4 Å². The second kappa shape index (κ2) is 8.22. The first-order valence-corrected chi connectivity index (χ1v) is 11.5. The van der Waals surface area contributed by atoms with Crippen LogP contribution in [0.5, 0.6) is 0 Å². The first-order chi connectivity index (χ1) is 16.6. The Bertz CT molecular complexity index is 1510. The van der Waals surface area contributed by atoms with Crippen LogP contribution in [0.3, 0.4) is 0 Å². The van der Waals surface area contributed by atoms with E-state index in [-0.39, 0.29) is 0 Å². The SMILES string of the molecule is Cc1nnc2nc(N3CCCCc4c(C#CC(C)(C)C(C)(F)F)cccc43)c3c(F)cncc3n12. The molecule has 4 aromatic rings. The van der Waals surface area contributed by atoms with E-state index < -0.39 is 17.2 Å². The van der Waals surface area contributed by atoms with Crippen LogP contribution in [0.4, 0.5) is 24.7 Å². The van der Waals surface area contributed by atoms with Crippen LogP contribution in [0.1, 0.15) is 50.6 Å². The van der Waals surface area contributed by atoms with Gasteiger partial charge in [-0.2, -0.15) is 4.98 Å². The van der Waals surface area contributed by atoms with E-state index in [2.05, 4.69) is 27.0 Å². The molecule has 9 heteroatoms. The van der Waals surface area contributed by atoms with Crippen molar-refractivity contribution in [2.45, 2.75) is 52.9 Å². The van der Waals surface area contributed by atoms with Crippen LogP contribution in [-0.2, 0) is 6.42 Å². The Labute approximate surface area is 201 Å². The van der Waals surface area contributed by atoms with Gasteiger partial charge in [-0.1, -0.05) is 17.9 Å². The van der Waals surface area contributed by atoms with Gasteiger partial charge in [0.1, 0.15) is 11.6 Å². The molecule has 0 radical (unpaired) electrons. The molecule has 0 unspecified atom stereocenters. The molecule has 180 valence electrons. The van der Waals surface area contributed by atoms with Crippen molar-refractivity contribution in [1.82, 2.24) is 24.6 Å². The first kappa shape index (κ1) is 23.1. The van der Waals surface area contributed by atoms with Crippen LogP contribution < -0.4 is 4.90 Å². The number of alkyl halides is 2. The highest BCUT2D eigenvalue weighted by molar-refractivity contribution is 5.94. The van der Waals surface area contributed by atoms with Gasteiger partial charge in [-0.15, -0.1) is 10.2 Å². The molecular formula is C26H25F3N6. The fourth-order valence-electron chi connectivity index (χ4n) is 4.32. The number of aryl methyl sites for hydroxylation is 1. The number of anilines is 2. The predicted molar refractivity (Wildman–Crippen MR) is 128 cm³/mol. The van der Waals surface area contributed by atoms with Gasteiger partial charge in [0.2, 0.25) is 0 Å². The molecule has 0 bridgehead atoms. The van der Waals surface area contributed by atoms with Crippen molar-refractivity contribution >= 4 is 28.2 Å². The summed E-state index contributed by atoms with van der Waals surface area (Å²) in [5.41, 5.74) is 1.51. The number of aromatic nitrogens is 5. The van der Waals surface area contributed by atoms with Gasteiger partial charge in [0.25, 0.3) is 11.7 Å². The van der Waals surface area contributed by atoms with E-state index >= 15 is 4.39 Å². The zero-order valence-electron chi connectivity index (χ0n) is 20.0. The molecule has 1 aliphatic heterocycles. The summed E-state index contributed by atoms with van der Waals surface area (Å²) in [6.45, 7) is 6.15. The summed E-state index contributed by atoms with van der Waals surface area (Å²) in [7, 11) is 0. The fraction of sp³-hybridized carbons (Fsp3) is 0.385. The zero-order valence-corrected chi connectivity index (χ0v) is 20.0. The minimum Gasteiger partial charge on any atom is -0.325 e. The quantitative estimate of drug-likeness (QED) is 0.350. The molecule has 0 aliphatic carbocycles. The minimum atomic E-state index is -2.95. The van der Waals surface area contributed by atoms with Crippen molar-refractivity contribution in [1.29, 1.82) is 0 Å². The molecule has 5 rings (SSSR count). The molecule has 0 amide bonds. The van der Waals surface area contributed by atoms with Gasteiger partial charge in [0.15, 0.2) is 5.82 Å². The Morgan fingerprint density at radius 3 is 2.63 bits per heavy atom. The highest BCUT2D eigenvalue weighted by atomic mass is 19.3. The molecule has 4 heterocycles. The molecule has 1 aromatic carbocycles. The van der Waals surface area contributed by atoms with Crippen molar-refractivity contribution in [2.75, 3.05) is 11.4 Å². The Morgan fingerprint density at radius 2 is 1.86 bits per heavy atom. The molecule has 1 aliphatic rings. The monoisotopic (exact) mass is 478 g/mol. The van der Waals surface area contributed by atoms with Gasteiger partial charge in [-0.05, 0) is 57.7 Å². The van der Waals surface area contributed by atoms with Gasteiger partial charge in [-0.25, -0.2) is 13.2 Å². The van der Waals surface area contributed by atoms with Crippen LogP contribution in [0.15, 0.2) is 30.6 Å². The van der Waals surface area contributed by atoms with E-state index in [1.807, 2.05) is 23.1 Å². The van der Waals surface area contributed by atoms with Gasteiger partial charge >= 0.3 is 0 Å². The minimum absolute atomic E-state index is 0.325. The second-order valence-electron chi connectivity index (χ2n) is 9.51. The number of pyridine rings is 1. The third-order valence-electron chi connectivity index (χ3n) is 6.72. The smallest absolute Gasteiger partial charge is 0.261 e. The lowest BCUT2D eigenvalue weighted by molar-refractivity contribution is -0.0585. The molecule has 0 atom stereocenters. The third kappa shape index (κ3) is 3.87. The van der Waals surface area contributed by atoms with Gasteiger partial charge in [0.05, 0.1) is 28.7 Å². The lowest BCUT2D eigenvalue weighted by Gasteiger charge is -2.26. The topological polar surface area (TPSA) is 59.2 Å². The lowest BCUT2D eigenvalue weighted by atomic mass is 9.86. The molecule has 0 N–H and O–H groups in total. The lowest BCUT2D eigenvalue weighted by Crippen LogP contribution is -2.31. The predicted octanol–water partition coefficient (Wildman–Crippen LogP) is 5.63. The average Bonchev–Trinajstić information content (AvgIpc) is 3.04. The summed E-state index contributed by atoms with van der Waals surface area (Å²) in [5.74, 6) is 3.72. The normalized spacial score (nSPS) is 14.5. The number of hydrogen-bond acceptors (Lipinski definition) is 5. The first-order valence-electron chi connectivity index (χ1n) is 11.5. The van der Waals surface area contributed by atoms with E-state index in [4.69, 9.17) is 4.98 Å². The van der Waals surface area contributed by atoms with Crippen LogP contribution in [0.25, 0.3) is 16.7 Å². The largest absolute Gasteiger partial charge is 0.325 e. The summed E-state index contributed by atoms with van der Waals surface area (Å²) in [4.78, 5) is 10.7.